The first-order chi connectivity index (χ1) is 6.64. The van der Waals surface area contributed by atoms with Gasteiger partial charge in [-0.15, -0.1) is 0 Å². The average molecular weight is 437 g/mol. The molecule has 0 aliphatic rings. The number of rotatable bonds is 5. The van der Waals surface area contributed by atoms with Gasteiger partial charge >= 0.3 is 0 Å². The van der Waals surface area contributed by atoms with Gasteiger partial charge in [-0.1, -0.05) is 79.8 Å². The summed E-state index contributed by atoms with van der Waals surface area (Å²) in [6, 6.07) is 0.644. The Morgan fingerprint density at radius 3 is 1.80 bits per heavy atom. The molecule has 0 aromatic rings. The van der Waals surface area contributed by atoms with Crippen LogP contribution in [-0.4, -0.2) is 26.5 Å². The van der Waals surface area contributed by atoms with Gasteiger partial charge in [-0.25, -0.2) is 0 Å². The molecule has 0 unspecified atom stereocenters. The summed E-state index contributed by atoms with van der Waals surface area (Å²) in [5.41, 5.74) is 0.789. The van der Waals surface area contributed by atoms with Gasteiger partial charge in [0.05, 0.1) is 4.55 Å². The molecule has 0 aromatic heterocycles. The van der Waals surface area contributed by atoms with Gasteiger partial charge in [-0.05, 0) is 17.8 Å². The van der Waals surface area contributed by atoms with Crippen LogP contribution < -0.4 is 0 Å². The summed E-state index contributed by atoms with van der Waals surface area (Å²) >= 11 is 4.99. The third-order valence-electron chi connectivity index (χ3n) is 2.85. The van der Waals surface area contributed by atoms with Crippen molar-refractivity contribution in [1.29, 1.82) is 0 Å². The Labute approximate surface area is 123 Å². The van der Waals surface area contributed by atoms with Crippen LogP contribution >= 0.6 is 45.2 Å². The van der Waals surface area contributed by atoms with E-state index >= 15 is 0 Å². The highest BCUT2D eigenvalue weighted by atomic mass is 127. The van der Waals surface area contributed by atoms with Gasteiger partial charge in [0.2, 0.25) is 0 Å². The van der Waals surface area contributed by atoms with Crippen molar-refractivity contribution in [3.63, 3.8) is 0 Å². The van der Waals surface area contributed by atoms with Gasteiger partial charge in [0.25, 0.3) is 0 Å². The molecule has 0 saturated heterocycles. The van der Waals surface area contributed by atoms with Crippen molar-refractivity contribution in [2.24, 2.45) is 10.8 Å². The Balaban J connectivity index is 4.54. The van der Waals surface area contributed by atoms with Gasteiger partial charge in [0, 0.05) is 17.0 Å². The minimum Gasteiger partial charge on any atom is -0.290 e. The fourth-order valence-electron chi connectivity index (χ4n) is 1.50. The Kier molecular flexibility index (Phi) is 6.98. The number of hydrogen-bond donors (Lipinski definition) is 0. The molecule has 0 N–H and O–H groups in total. The van der Waals surface area contributed by atoms with E-state index in [9.17, 15) is 0 Å². The van der Waals surface area contributed by atoms with Crippen molar-refractivity contribution in [2.75, 3.05) is 15.5 Å². The fourth-order valence-corrected chi connectivity index (χ4v) is 2.97. The van der Waals surface area contributed by atoms with Crippen LogP contribution in [0.15, 0.2) is 0 Å². The largest absolute Gasteiger partial charge is 0.290 e. The molecular weight excluding hydrogens is 412 g/mol. The highest BCUT2D eigenvalue weighted by molar-refractivity contribution is 14.1. The lowest BCUT2D eigenvalue weighted by Crippen LogP contribution is -2.46. The maximum absolute atomic E-state index is 2.60. The molecule has 0 radical (unpaired) electrons. The van der Waals surface area contributed by atoms with Crippen molar-refractivity contribution >= 4 is 45.2 Å². The van der Waals surface area contributed by atoms with E-state index < -0.39 is 0 Å². The van der Waals surface area contributed by atoms with Gasteiger partial charge in [-0.3, -0.25) is 4.90 Å². The van der Waals surface area contributed by atoms with Crippen LogP contribution in [-0.2, 0) is 0 Å². The van der Waals surface area contributed by atoms with Crippen molar-refractivity contribution in [3.8, 4) is 0 Å². The zero-order chi connectivity index (χ0) is 12.3. The Bertz CT molecular complexity index is 185. The number of hydrogen-bond acceptors (Lipinski definition) is 1. The van der Waals surface area contributed by atoms with Crippen LogP contribution in [0.5, 0.6) is 0 Å². The first-order valence-electron chi connectivity index (χ1n) is 5.50. The van der Waals surface area contributed by atoms with E-state index in [0.29, 0.717) is 16.9 Å². The monoisotopic (exact) mass is 437 g/mol. The van der Waals surface area contributed by atoms with Crippen molar-refractivity contribution in [2.45, 2.75) is 47.6 Å². The molecule has 0 fully saturated rings. The fraction of sp³-hybridized carbons (Fsp3) is 1.00. The third kappa shape index (κ3) is 6.05. The predicted octanol–water partition coefficient (Wildman–Crippen LogP) is 4.58. The highest BCUT2D eigenvalue weighted by Crippen LogP contribution is 2.30. The smallest absolute Gasteiger partial charge is 0.0508 e. The summed E-state index contributed by atoms with van der Waals surface area (Å²) < 4.78 is 2.33. The van der Waals surface area contributed by atoms with Crippen LogP contribution in [0, 0.1) is 10.8 Å². The Hall–Kier alpha value is 1.42. The number of alkyl halides is 2. The first kappa shape index (κ1) is 16.4. The molecule has 0 heterocycles. The normalized spacial score (nSPS) is 15.8. The van der Waals surface area contributed by atoms with Crippen molar-refractivity contribution in [3.05, 3.63) is 0 Å². The second-order valence-corrected chi connectivity index (χ2v) is 7.67. The third-order valence-corrected chi connectivity index (χ3v) is 5.70. The van der Waals surface area contributed by atoms with E-state index in [2.05, 4.69) is 91.6 Å². The maximum Gasteiger partial charge on any atom is 0.0508 e. The van der Waals surface area contributed by atoms with E-state index in [1.165, 1.54) is 11.0 Å². The predicted molar refractivity (Wildman–Crippen MR) is 87.2 cm³/mol. The molecule has 15 heavy (non-hydrogen) atoms. The topological polar surface area (TPSA) is 3.24 Å². The van der Waals surface area contributed by atoms with Crippen LogP contribution in [0.25, 0.3) is 0 Å². The van der Waals surface area contributed by atoms with E-state index in [1.54, 1.807) is 0 Å². The molecule has 1 nitrogen and oxygen atoms in total. The molecule has 0 bridgehead atoms. The summed E-state index contributed by atoms with van der Waals surface area (Å²) in [5.74, 6) is 0. The lowest BCUT2D eigenvalue weighted by atomic mass is 9.85. The van der Waals surface area contributed by atoms with E-state index in [-0.39, 0.29) is 0 Å². The van der Waals surface area contributed by atoms with Crippen LogP contribution in [0.1, 0.15) is 41.5 Å². The molecule has 0 spiro atoms. The maximum atomic E-state index is 2.60. The average Bonchev–Trinajstić information content (AvgIpc) is 2.11. The lowest BCUT2D eigenvalue weighted by molar-refractivity contribution is 0.106. The second-order valence-electron chi connectivity index (χ2n) is 6.23. The molecule has 92 valence electrons. The van der Waals surface area contributed by atoms with Crippen molar-refractivity contribution < 1.29 is 0 Å². The van der Waals surface area contributed by atoms with E-state index in [0.717, 1.165) is 4.55 Å². The number of nitrogens with zero attached hydrogens (tertiary/aromatic N) is 1. The van der Waals surface area contributed by atoms with Crippen LogP contribution in [0.3, 0.4) is 0 Å². The molecule has 0 aliphatic heterocycles. The standard InChI is InChI=1S/C12H25I2N/c1-10(12(5,6)7-13)15(9-14)8-11(2,3)4/h10H,7-9H2,1-6H3/t10-/m1/s1. The SMILES string of the molecule is C[C@@H](N(CI)CC(C)(C)C)C(C)(C)CI. The molecule has 0 saturated carbocycles. The summed E-state index contributed by atoms with van der Waals surface area (Å²) in [6.07, 6.45) is 0. The van der Waals surface area contributed by atoms with Gasteiger partial charge in [0.15, 0.2) is 0 Å². The van der Waals surface area contributed by atoms with E-state index in [4.69, 9.17) is 0 Å². The second kappa shape index (κ2) is 6.38. The van der Waals surface area contributed by atoms with Gasteiger partial charge in [-0.2, -0.15) is 0 Å². The van der Waals surface area contributed by atoms with Crippen LogP contribution in [0.2, 0.25) is 0 Å². The molecule has 0 aliphatic carbocycles. The van der Waals surface area contributed by atoms with E-state index in [1.807, 2.05) is 0 Å². The summed E-state index contributed by atoms with van der Waals surface area (Å²) in [5, 5.41) is 0. The molecule has 1 atom stereocenters. The van der Waals surface area contributed by atoms with Crippen molar-refractivity contribution in [1.82, 2.24) is 4.90 Å². The molecule has 0 aromatic carbocycles. The first-order valence-corrected chi connectivity index (χ1v) is 8.55. The summed E-state index contributed by atoms with van der Waals surface area (Å²) in [4.78, 5) is 2.60. The Morgan fingerprint density at radius 2 is 1.53 bits per heavy atom. The molecule has 0 amide bonds. The van der Waals surface area contributed by atoms with Gasteiger partial charge in [0.1, 0.15) is 0 Å². The zero-order valence-corrected chi connectivity index (χ0v) is 15.2. The summed E-state index contributed by atoms with van der Waals surface area (Å²) in [7, 11) is 0. The summed E-state index contributed by atoms with van der Waals surface area (Å²) in [6.45, 7) is 15.2. The molecular formula is C12H25I2N. The minimum atomic E-state index is 0.390. The lowest BCUT2D eigenvalue weighted by Gasteiger charge is -2.41. The quantitative estimate of drug-likeness (QED) is 0.346. The van der Waals surface area contributed by atoms with Gasteiger partial charge < -0.3 is 0 Å². The zero-order valence-electron chi connectivity index (χ0n) is 10.9. The molecule has 3 heteroatoms. The molecule has 0 rings (SSSR count). The Morgan fingerprint density at radius 1 is 1.07 bits per heavy atom. The van der Waals surface area contributed by atoms with Crippen LogP contribution in [0.4, 0.5) is 0 Å². The number of halogens is 2. The minimum absolute atomic E-state index is 0.390. The highest BCUT2D eigenvalue weighted by Gasteiger charge is 2.30.